The fourth-order valence-corrected chi connectivity index (χ4v) is 3.22. The van der Waals surface area contributed by atoms with E-state index < -0.39 is 22.9 Å². The molecular formula is C13H15BrF3N. The van der Waals surface area contributed by atoms with Crippen LogP contribution in [0.25, 0.3) is 0 Å². The van der Waals surface area contributed by atoms with Gasteiger partial charge in [0.25, 0.3) is 0 Å². The zero-order valence-electron chi connectivity index (χ0n) is 9.91. The van der Waals surface area contributed by atoms with Crippen molar-refractivity contribution in [2.45, 2.75) is 37.5 Å². The number of hydrogen-bond acceptors (Lipinski definition) is 1. The maximum Gasteiger partial charge on any atom is 0.165 e. The Morgan fingerprint density at radius 1 is 1.11 bits per heavy atom. The first kappa shape index (κ1) is 13.9. The van der Waals surface area contributed by atoms with E-state index in [0.29, 0.717) is 12.8 Å². The number of rotatable bonds is 2. The predicted octanol–water partition coefficient (Wildman–Crippen LogP) is 4.03. The minimum absolute atomic E-state index is 0.0465. The molecule has 0 bridgehead atoms. The van der Waals surface area contributed by atoms with Gasteiger partial charge in [-0.15, -0.1) is 0 Å². The molecule has 1 aromatic rings. The molecule has 0 unspecified atom stereocenters. The van der Waals surface area contributed by atoms with Crippen molar-refractivity contribution in [3.05, 3.63) is 33.6 Å². The lowest BCUT2D eigenvalue weighted by Crippen LogP contribution is -2.39. The summed E-state index contributed by atoms with van der Waals surface area (Å²) in [7, 11) is 0. The molecule has 0 aliphatic heterocycles. The van der Waals surface area contributed by atoms with Gasteiger partial charge in [-0.1, -0.05) is 19.3 Å². The monoisotopic (exact) mass is 321 g/mol. The standard InChI is InChI=1S/C13H15BrF3N/c14-8-6-9(15)12(17)10(11(8)16)13(7-18)4-2-1-3-5-13/h6H,1-5,7,18H2. The first-order valence-electron chi connectivity index (χ1n) is 6.05. The topological polar surface area (TPSA) is 26.0 Å². The first-order chi connectivity index (χ1) is 8.52. The molecule has 5 heteroatoms. The Kier molecular flexibility index (Phi) is 4.02. The van der Waals surface area contributed by atoms with Crippen LogP contribution in [0.15, 0.2) is 10.5 Å². The molecule has 0 amide bonds. The zero-order chi connectivity index (χ0) is 13.3. The zero-order valence-corrected chi connectivity index (χ0v) is 11.5. The number of hydrogen-bond donors (Lipinski definition) is 1. The van der Waals surface area contributed by atoms with Crippen LogP contribution in [0, 0.1) is 17.5 Å². The Morgan fingerprint density at radius 2 is 1.72 bits per heavy atom. The molecular weight excluding hydrogens is 307 g/mol. The Labute approximate surface area is 113 Å². The Morgan fingerprint density at radius 3 is 2.28 bits per heavy atom. The molecule has 1 saturated carbocycles. The molecule has 2 rings (SSSR count). The van der Waals surface area contributed by atoms with Gasteiger partial charge in [0.15, 0.2) is 11.6 Å². The van der Waals surface area contributed by atoms with Crippen molar-refractivity contribution in [3.63, 3.8) is 0 Å². The summed E-state index contributed by atoms with van der Waals surface area (Å²) in [5.74, 6) is -2.85. The number of nitrogens with two attached hydrogens (primary N) is 1. The molecule has 1 fully saturated rings. The number of halogens is 4. The van der Waals surface area contributed by atoms with Crippen LogP contribution in [0.5, 0.6) is 0 Å². The minimum Gasteiger partial charge on any atom is -0.330 e. The number of benzene rings is 1. The third-order valence-corrected chi connectivity index (χ3v) is 4.42. The average Bonchev–Trinajstić information content (AvgIpc) is 2.38. The second-order valence-electron chi connectivity index (χ2n) is 4.89. The van der Waals surface area contributed by atoms with Crippen LogP contribution in [0.1, 0.15) is 37.7 Å². The molecule has 100 valence electrons. The van der Waals surface area contributed by atoms with E-state index in [0.717, 1.165) is 25.3 Å². The van der Waals surface area contributed by atoms with Crippen LogP contribution in [-0.2, 0) is 5.41 Å². The lowest BCUT2D eigenvalue weighted by molar-refractivity contribution is 0.277. The highest BCUT2D eigenvalue weighted by molar-refractivity contribution is 9.10. The third kappa shape index (κ3) is 2.18. The van der Waals surface area contributed by atoms with Crippen LogP contribution in [-0.4, -0.2) is 6.54 Å². The second-order valence-corrected chi connectivity index (χ2v) is 5.74. The smallest absolute Gasteiger partial charge is 0.165 e. The molecule has 0 saturated heterocycles. The van der Waals surface area contributed by atoms with Gasteiger partial charge in [0.1, 0.15) is 5.82 Å². The summed E-state index contributed by atoms with van der Waals surface area (Å²) < 4.78 is 41.5. The lowest BCUT2D eigenvalue weighted by atomic mass is 9.69. The van der Waals surface area contributed by atoms with Crippen molar-refractivity contribution >= 4 is 15.9 Å². The van der Waals surface area contributed by atoms with Gasteiger partial charge in [-0.3, -0.25) is 0 Å². The molecule has 2 N–H and O–H groups in total. The Bertz CT molecular complexity index is 430. The SMILES string of the molecule is NCC1(c2c(F)c(F)cc(Br)c2F)CCCCC1. The summed E-state index contributed by atoms with van der Waals surface area (Å²) in [5, 5.41) is 0. The first-order valence-corrected chi connectivity index (χ1v) is 6.85. The van der Waals surface area contributed by atoms with E-state index in [9.17, 15) is 13.2 Å². The van der Waals surface area contributed by atoms with E-state index in [1.165, 1.54) is 0 Å². The Hall–Kier alpha value is -0.550. The van der Waals surface area contributed by atoms with Gasteiger partial charge in [-0.2, -0.15) is 0 Å². The summed E-state index contributed by atoms with van der Waals surface area (Å²) in [4.78, 5) is 0. The fraction of sp³-hybridized carbons (Fsp3) is 0.538. The lowest BCUT2D eigenvalue weighted by Gasteiger charge is -2.37. The van der Waals surface area contributed by atoms with Gasteiger partial charge in [0.05, 0.1) is 4.47 Å². The fourth-order valence-electron chi connectivity index (χ4n) is 2.82. The van der Waals surface area contributed by atoms with Crippen molar-refractivity contribution in [1.29, 1.82) is 0 Å². The molecule has 1 aliphatic carbocycles. The minimum atomic E-state index is -1.09. The van der Waals surface area contributed by atoms with Gasteiger partial charge in [-0.05, 0) is 34.8 Å². The molecule has 0 radical (unpaired) electrons. The molecule has 18 heavy (non-hydrogen) atoms. The third-order valence-electron chi connectivity index (χ3n) is 3.84. The highest BCUT2D eigenvalue weighted by Gasteiger charge is 2.39. The van der Waals surface area contributed by atoms with E-state index in [4.69, 9.17) is 5.73 Å². The molecule has 0 spiro atoms. The summed E-state index contributed by atoms with van der Waals surface area (Å²) >= 11 is 2.93. The quantitative estimate of drug-likeness (QED) is 0.818. The predicted molar refractivity (Wildman–Crippen MR) is 67.8 cm³/mol. The van der Waals surface area contributed by atoms with Crippen LogP contribution in [0.3, 0.4) is 0 Å². The highest BCUT2D eigenvalue weighted by Crippen LogP contribution is 2.42. The maximum atomic E-state index is 14.1. The molecule has 1 nitrogen and oxygen atoms in total. The van der Waals surface area contributed by atoms with Crippen molar-refractivity contribution in [3.8, 4) is 0 Å². The highest BCUT2D eigenvalue weighted by atomic mass is 79.9. The van der Waals surface area contributed by atoms with Gasteiger partial charge < -0.3 is 5.73 Å². The van der Waals surface area contributed by atoms with Gasteiger partial charge in [-0.25, -0.2) is 13.2 Å². The van der Waals surface area contributed by atoms with E-state index >= 15 is 0 Å². The van der Waals surface area contributed by atoms with Crippen molar-refractivity contribution in [2.24, 2.45) is 5.73 Å². The largest absolute Gasteiger partial charge is 0.330 e. The van der Waals surface area contributed by atoms with E-state index in [1.54, 1.807) is 0 Å². The van der Waals surface area contributed by atoms with Gasteiger partial charge in [0.2, 0.25) is 0 Å². The van der Waals surface area contributed by atoms with E-state index in [2.05, 4.69) is 15.9 Å². The van der Waals surface area contributed by atoms with Crippen LogP contribution < -0.4 is 5.73 Å². The maximum absolute atomic E-state index is 14.1. The van der Waals surface area contributed by atoms with Crippen LogP contribution in [0.4, 0.5) is 13.2 Å². The van der Waals surface area contributed by atoms with Crippen molar-refractivity contribution in [1.82, 2.24) is 0 Å². The average molecular weight is 322 g/mol. The summed E-state index contributed by atoms with van der Waals surface area (Å²) in [5.41, 5.74) is 4.79. The normalized spacial score (nSPS) is 18.9. The molecule has 0 atom stereocenters. The van der Waals surface area contributed by atoms with Gasteiger partial charge >= 0.3 is 0 Å². The molecule has 0 aromatic heterocycles. The van der Waals surface area contributed by atoms with E-state index in [-0.39, 0.29) is 16.6 Å². The van der Waals surface area contributed by atoms with Gasteiger partial charge in [0, 0.05) is 17.5 Å². The molecule has 0 heterocycles. The summed E-state index contributed by atoms with van der Waals surface area (Å²) in [6.45, 7) is 0.136. The molecule has 1 aromatic carbocycles. The Balaban J connectivity index is 2.61. The second kappa shape index (κ2) is 5.21. The van der Waals surface area contributed by atoms with E-state index in [1.807, 2.05) is 0 Å². The summed E-state index contributed by atoms with van der Waals surface area (Å²) in [6, 6.07) is 0.821. The van der Waals surface area contributed by atoms with Crippen molar-refractivity contribution in [2.75, 3.05) is 6.54 Å². The van der Waals surface area contributed by atoms with Crippen LogP contribution in [0.2, 0.25) is 0 Å². The molecule has 1 aliphatic rings. The van der Waals surface area contributed by atoms with Crippen LogP contribution >= 0.6 is 15.9 Å². The summed E-state index contributed by atoms with van der Waals surface area (Å²) in [6.07, 6.45) is 3.97. The van der Waals surface area contributed by atoms with Crippen molar-refractivity contribution < 1.29 is 13.2 Å².